The van der Waals surface area contributed by atoms with Crippen molar-refractivity contribution in [3.05, 3.63) is 33.8 Å². The molecule has 1 aliphatic heterocycles. The van der Waals surface area contributed by atoms with Crippen molar-refractivity contribution in [2.45, 2.75) is 25.8 Å². The molecule has 88 valence electrons. The molecule has 0 spiro atoms. The second-order valence-corrected chi connectivity index (χ2v) is 5.16. The van der Waals surface area contributed by atoms with Crippen molar-refractivity contribution in [1.29, 1.82) is 0 Å². The second-order valence-electron chi connectivity index (χ2n) is 4.36. The molecule has 1 saturated heterocycles. The van der Waals surface area contributed by atoms with Crippen molar-refractivity contribution in [2.24, 2.45) is 0 Å². The molecule has 1 aromatic rings. The average Bonchev–Trinajstić information content (AvgIpc) is 2.53. The van der Waals surface area contributed by atoms with Crippen LogP contribution in [0, 0.1) is 6.92 Å². The SMILES string of the molecule is Cc1cccc(CN2CCC(F)(F)C2)c1Br. The van der Waals surface area contributed by atoms with E-state index in [1.54, 1.807) is 4.90 Å². The number of halogens is 3. The molecule has 1 aliphatic rings. The van der Waals surface area contributed by atoms with Crippen molar-refractivity contribution < 1.29 is 8.78 Å². The Morgan fingerprint density at radius 2 is 2.19 bits per heavy atom. The van der Waals surface area contributed by atoms with Crippen molar-refractivity contribution >= 4 is 15.9 Å². The van der Waals surface area contributed by atoms with Crippen LogP contribution in [-0.4, -0.2) is 23.9 Å². The highest BCUT2D eigenvalue weighted by molar-refractivity contribution is 9.10. The van der Waals surface area contributed by atoms with Crippen LogP contribution in [0.15, 0.2) is 22.7 Å². The van der Waals surface area contributed by atoms with E-state index in [0.29, 0.717) is 13.1 Å². The fourth-order valence-electron chi connectivity index (χ4n) is 2.01. The maximum atomic E-state index is 13.0. The zero-order valence-electron chi connectivity index (χ0n) is 9.14. The van der Waals surface area contributed by atoms with Gasteiger partial charge in [0.15, 0.2) is 0 Å². The highest BCUT2D eigenvalue weighted by Gasteiger charge is 2.37. The maximum Gasteiger partial charge on any atom is 0.261 e. The standard InChI is InChI=1S/C12H14BrF2N/c1-9-3-2-4-10(11(9)13)7-16-6-5-12(14,15)8-16/h2-4H,5-8H2,1H3. The Hall–Kier alpha value is -0.480. The molecule has 0 aliphatic carbocycles. The van der Waals surface area contributed by atoms with Gasteiger partial charge in [-0.05, 0) is 18.1 Å². The Kier molecular flexibility index (Phi) is 3.31. The first-order chi connectivity index (χ1) is 7.48. The van der Waals surface area contributed by atoms with Crippen molar-refractivity contribution in [2.75, 3.05) is 13.1 Å². The summed E-state index contributed by atoms with van der Waals surface area (Å²) in [5, 5.41) is 0. The summed E-state index contributed by atoms with van der Waals surface area (Å²) >= 11 is 3.50. The molecule has 0 bridgehead atoms. The molecule has 4 heteroatoms. The van der Waals surface area contributed by atoms with Gasteiger partial charge in [0.05, 0.1) is 6.54 Å². The third kappa shape index (κ3) is 2.61. The Balaban J connectivity index is 2.08. The lowest BCUT2D eigenvalue weighted by Gasteiger charge is -2.17. The lowest BCUT2D eigenvalue weighted by molar-refractivity contribution is 0.0115. The van der Waals surface area contributed by atoms with Crippen LogP contribution in [0.2, 0.25) is 0 Å². The van der Waals surface area contributed by atoms with Gasteiger partial charge in [-0.25, -0.2) is 8.78 Å². The first-order valence-corrected chi connectivity index (χ1v) is 6.11. The van der Waals surface area contributed by atoms with Gasteiger partial charge in [0.25, 0.3) is 5.92 Å². The van der Waals surface area contributed by atoms with E-state index in [1.165, 1.54) is 0 Å². The first kappa shape index (κ1) is 12.0. The van der Waals surface area contributed by atoms with Gasteiger partial charge in [0.2, 0.25) is 0 Å². The number of likely N-dealkylation sites (tertiary alicyclic amines) is 1. The van der Waals surface area contributed by atoms with Gasteiger partial charge in [-0.1, -0.05) is 34.1 Å². The van der Waals surface area contributed by atoms with Crippen molar-refractivity contribution in [3.8, 4) is 0 Å². The van der Waals surface area contributed by atoms with E-state index in [0.717, 1.165) is 15.6 Å². The predicted octanol–water partition coefficient (Wildman–Crippen LogP) is 3.60. The van der Waals surface area contributed by atoms with E-state index < -0.39 is 5.92 Å². The molecule has 16 heavy (non-hydrogen) atoms. The third-order valence-corrected chi connectivity index (χ3v) is 4.05. The molecule has 0 aromatic heterocycles. The molecule has 2 rings (SSSR count). The van der Waals surface area contributed by atoms with E-state index in [4.69, 9.17) is 0 Å². The second kappa shape index (κ2) is 4.41. The average molecular weight is 290 g/mol. The first-order valence-electron chi connectivity index (χ1n) is 5.32. The molecule has 0 unspecified atom stereocenters. The van der Waals surface area contributed by atoms with E-state index in [1.807, 2.05) is 25.1 Å². The van der Waals surface area contributed by atoms with Crippen LogP contribution in [-0.2, 0) is 6.54 Å². The number of hydrogen-bond donors (Lipinski definition) is 0. The summed E-state index contributed by atoms with van der Waals surface area (Å²) in [6.07, 6.45) is -0.0174. The highest BCUT2D eigenvalue weighted by Crippen LogP contribution is 2.29. The molecular formula is C12H14BrF2N. The number of nitrogens with zero attached hydrogens (tertiary/aromatic N) is 1. The third-order valence-electron chi connectivity index (χ3n) is 2.91. The zero-order chi connectivity index (χ0) is 11.8. The number of rotatable bonds is 2. The molecule has 0 saturated carbocycles. The number of hydrogen-bond acceptors (Lipinski definition) is 1. The van der Waals surface area contributed by atoms with E-state index in [-0.39, 0.29) is 13.0 Å². The van der Waals surface area contributed by atoms with Gasteiger partial charge in [0.1, 0.15) is 0 Å². The predicted molar refractivity (Wildman–Crippen MR) is 63.7 cm³/mol. The van der Waals surface area contributed by atoms with Crippen LogP contribution in [0.4, 0.5) is 8.78 Å². The topological polar surface area (TPSA) is 3.24 Å². The Morgan fingerprint density at radius 1 is 1.44 bits per heavy atom. The lowest BCUT2D eigenvalue weighted by atomic mass is 10.1. The molecule has 1 fully saturated rings. The van der Waals surface area contributed by atoms with Crippen LogP contribution in [0.25, 0.3) is 0 Å². The fourth-order valence-corrected chi connectivity index (χ4v) is 2.40. The Labute approximate surface area is 103 Å². The van der Waals surface area contributed by atoms with Gasteiger partial charge in [-0.15, -0.1) is 0 Å². The molecule has 0 N–H and O–H groups in total. The number of aryl methyl sites for hydroxylation is 1. The van der Waals surface area contributed by atoms with E-state index >= 15 is 0 Å². The van der Waals surface area contributed by atoms with Gasteiger partial charge in [0, 0.05) is 24.0 Å². The van der Waals surface area contributed by atoms with Gasteiger partial charge >= 0.3 is 0 Å². The van der Waals surface area contributed by atoms with Gasteiger partial charge in [-0.2, -0.15) is 0 Å². The summed E-state index contributed by atoms with van der Waals surface area (Å²) in [5.74, 6) is -2.50. The summed E-state index contributed by atoms with van der Waals surface area (Å²) in [7, 11) is 0. The summed E-state index contributed by atoms with van der Waals surface area (Å²) in [6.45, 7) is 2.96. The van der Waals surface area contributed by atoms with Crippen molar-refractivity contribution in [3.63, 3.8) is 0 Å². The summed E-state index contributed by atoms with van der Waals surface area (Å²) < 4.78 is 27.1. The monoisotopic (exact) mass is 289 g/mol. The Bertz CT molecular complexity index is 393. The molecule has 0 radical (unpaired) electrons. The minimum Gasteiger partial charge on any atom is -0.293 e. The molecule has 1 aromatic carbocycles. The minimum absolute atomic E-state index is 0.0174. The Morgan fingerprint density at radius 3 is 2.81 bits per heavy atom. The highest BCUT2D eigenvalue weighted by atomic mass is 79.9. The summed E-state index contributed by atoms with van der Waals surface area (Å²) in [6, 6.07) is 5.95. The smallest absolute Gasteiger partial charge is 0.261 e. The summed E-state index contributed by atoms with van der Waals surface area (Å²) in [4.78, 5) is 1.81. The quantitative estimate of drug-likeness (QED) is 0.804. The maximum absolute atomic E-state index is 13.0. The molecule has 0 amide bonds. The number of alkyl halides is 2. The van der Waals surface area contributed by atoms with Crippen LogP contribution >= 0.6 is 15.9 Å². The van der Waals surface area contributed by atoms with Crippen LogP contribution in [0.5, 0.6) is 0 Å². The van der Waals surface area contributed by atoms with Crippen molar-refractivity contribution in [1.82, 2.24) is 4.90 Å². The summed E-state index contributed by atoms with van der Waals surface area (Å²) in [5.41, 5.74) is 2.22. The van der Waals surface area contributed by atoms with Gasteiger partial charge < -0.3 is 0 Å². The van der Waals surface area contributed by atoms with E-state index in [2.05, 4.69) is 15.9 Å². The van der Waals surface area contributed by atoms with Gasteiger partial charge in [-0.3, -0.25) is 4.90 Å². The number of benzene rings is 1. The molecule has 0 atom stereocenters. The van der Waals surface area contributed by atoms with Crippen LogP contribution in [0.3, 0.4) is 0 Å². The van der Waals surface area contributed by atoms with E-state index in [9.17, 15) is 8.78 Å². The minimum atomic E-state index is -2.50. The zero-order valence-corrected chi connectivity index (χ0v) is 10.7. The fraction of sp³-hybridized carbons (Fsp3) is 0.500. The molecule has 1 nitrogen and oxygen atoms in total. The molecular weight excluding hydrogens is 276 g/mol. The van der Waals surface area contributed by atoms with Crippen LogP contribution < -0.4 is 0 Å². The molecule has 1 heterocycles. The lowest BCUT2D eigenvalue weighted by Crippen LogP contribution is -2.25. The largest absolute Gasteiger partial charge is 0.293 e. The van der Waals surface area contributed by atoms with Crippen LogP contribution in [0.1, 0.15) is 17.5 Å². The normalized spacial score (nSPS) is 20.2.